The first-order valence-corrected chi connectivity index (χ1v) is 5.47. The van der Waals surface area contributed by atoms with Crippen LogP contribution in [0.1, 0.15) is 22.3 Å². The Balaban J connectivity index is 3.13. The molecule has 0 bridgehead atoms. The van der Waals surface area contributed by atoms with Crippen molar-refractivity contribution in [3.63, 3.8) is 0 Å². The molecule has 0 fully saturated rings. The summed E-state index contributed by atoms with van der Waals surface area (Å²) >= 11 is 3.02. The van der Waals surface area contributed by atoms with E-state index in [1.54, 1.807) is 0 Å². The predicted molar refractivity (Wildman–Crippen MR) is 55.9 cm³/mol. The number of hydrogen-bond donors (Lipinski definition) is 1. The average molecular weight is 297 g/mol. The summed E-state index contributed by atoms with van der Waals surface area (Å²) in [5.41, 5.74) is -1.16. The number of halogens is 4. The van der Waals surface area contributed by atoms with Gasteiger partial charge in [-0.2, -0.15) is 13.2 Å². The van der Waals surface area contributed by atoms with E-state index in [0.29, 0.717) is 11.4 Å². The summed E-state index contributed by atoms with van der Waals surface area (Å²) in [6, 6.07) is 2.36. The molecule has 0 radical (unpaired) electrons. The van der Waals surface area contributed by atoms with Crippen molar-refractivity contribution >= 4 is 21.7 Å². The second-order valence-electron chi connectivity index (χ2n) is 3.13. The van der Waals surface area contributed by atoms with Gasteiger partial charge in [0.05, 0.1) is 5.56 Å². The standard InChI is InChI=1S/C10H8BrF3O2/c11-2-1-9(16)6-3-7(10(12,13)14)5-8(15)4-6/h3-5,15H,1-2H2. The van der Waals surface area contributed by atoms with Gasteiger partial charge in [-0.1, -0.05) is 15.9 Å². The molecule has 6 heteroatoms. The third-order valence-electron chi connectivity index (χ3n) is 1.89. The van der Waals surface area contributed by atoms with Crippen molar-refractivity contribution in [1.82, 2.24) is 0 Å². The number of benzene rings is 1. The number of phenolic OH excluding ortho intramolecular Hbond substituents is 1. The zero-order chi connectivity index (χ0) is 12.3. The topological polar surface area (TPSA) is 37.3 Å². The quantitative estimate of drug-likeness (QED) is 0.686. The lowest BCUT2D eigenvalue weighted by Crippen LogP contribution is -2.07. The number of hydrogen-bond acceptors (Lipinski definition) is 2. The summed E-state index contributed by atoms with van der Waals surface area (Å²) < 4.78 is 37.1. The third-order valence-corrected chi connectivity index (χ3v) is 2.29. The molecule has 0 saturated heterocycles. The highest BCUT2D eigenvalue weighted by molar-refractivity contribution is 9.09. The Labute approximate surface area is 98.2 Å². The van der Waals surface area contributed by atoms with E-state index in [0.717, 1.165) is 12.1 Å². The average Bonchev–Trinajstić information content (AvgIpc) is 2.16. The second kappa shape index (κ2) is 4.86. The molecule has 1 aromatic rings. The minimum Gasteiger partial charge on any atom is -0.508 e. The molecule has 88 valence electrons. The van der Waals surface area contributed by atoms with Crippen molar-refractivity contribution in [3.05, 3.63) is 29.3 Å². The molecule has 0 spiro atoms. The molecular formula is C10H8BrF3O2. The van der Waals surface area contributed by atoms with Gasteiger partial charge in [0.2, 0.25) is 0 Å². The smallest absolute Gasteiger partial charge is 0.416 e. The molecule has 0 atom stereocenters. The van der Waals surface area contributed by atoms with Crippen LogP contribution >= 0.6 is 15.9 Å². The Morgan fingerprint density at radius 2 is 1.94 bits per heavy atom. The van der Waals surface area contributed by atoms with Crippen LogP contribution in [-0.2, 0) is 6.18 Å². The Kier molecular flexibility index (Phi) is 3.96. The van der Waals surface area contributed by atoms with E-state index < -0.39 is 23.3 Å². The van der Waals surface area contributed by atoms with E-state index in [-0.39, 0.29) is 12.0 Å². The van der Waals surface area contributed by atoms with Crippen molar-refractivity contribution in [3.8, 4) is 5.75 Å². The first-order valence-electron chi connectivity index (χ1n) is 4.35. The fourth-order valence-electron chi connectivity index (χ4n) is 1.17. The number of rotatable bonds is 3. The van der Waals surface area contributed by atoms with Gasteiger partial charge in [-0.25, -0.2) is 0 Å². The van der Waals surface area contributed by atoms with Gasteiger partial charge in [-0.3, -0.25) is 4.79 Å². The fraction of sp³-hybridized carbons (Fsp3) is 0.300. The van der Waals surface area contributed by atoms with Crippen molar-refractivity contribution in [2.45, 2.75) is 12.6 Å². The molecular weight excluding hydrogens is 289 g/mol. The van der Waals surface area contributed by atoms with Crippen LogP contribution in [0.25, 0.3) is 0 Å². The minimum absolute atomic E-state index is 0.0841. The van der Waals surface area contributed by atoms with Crippen LogP contribution in [0.2, 0.25) is 0 Å². The molecule has 0 aliphatic carbocycles. The van der Waals surface area contributed by atoms with Crippen LogP contribution in [0.4, 0.5) is 13.2 Å². The van der Waals surface area contributed by atoms with Crippen LogP contribution in [0, 0.1) is 0 Å². The van der Waals surface area contributed by atoms with E-state index in [2.05, 4.69) is 15.9 Å². The SMILES string of the molecule is O=C(CCBr)c1cc(O)cc(C(F)(F)F)c1. The lowest BCUT2D eigenvalue weighted by Gasteiger charge is -2.09. The molecule has 1 aromatic carbocycles. The Hall–Kier alpha value is -1.04. The number of phenols is 1. The highest BCUT2D eigenvalue weighted by Gasteiger charge is 2.31. The number of carbonyl (C=O) groups excluding carboxylic acids is 1. The highest BCUT2D eigenvalue weighted by Crippen LogP contribution is 2.32. The number of carbonyl (C=O) groups is 1. The van der Waals surface area contributed by atoms with Crippen molar-refractivity contribution in [1.29, 1.82) is 0 Å². The fourth-order valence-corrected chi connectivity index (χ4v) is 1.53. The Morgan fingerprint density at radius 1 is 1.31 bits per heavy atom. The summed E-state index contributed by atoms with van der Waals surface area (Å²) in [5.74, 6) is -1.01. The van der Waals surface area contributed by atoms with Gasteiger partial charge in [0.15, 0.2) is 5.78 Å². The maximum Gasteiger partial charge on any atom is 0.416 e. The summed E-state index contributed by atoms with van der Waals surface area (Å²) in [6.07, 6.45) is -4.48. The van der Waals surface area contributed by atoms with Crippen LogP contribution < -0.4 is 0 Å². The maximum atomic E-state index is 12.4. The van der Waals surface area contributed by atoms with Crippen LogP contribution in [0.3, 0.4) is 0 Å². The summed E-state index contributed by atoms with van der Waals surface area (Å²) in [6.45, 7) is 0. The van der Waals surface area contributed by atoms with Crippen LogP contribution in [0.15, 0.2) is 18.2 Å². The summed E-state index contributed by atoms with van der Waals surface area (Å²) in [7, 11) is 0. The van der Waals surface area contributed by atoms with Gasteiger partial charge in [0.1, 0.15) is 5.75 Å². The predicted octanol–water partition coefficient (Wildman–Crippen LogP) is 3.38. The second-order valence-corrected chi connectivity index (χ2v) is 3.92. The molecule has 16 heavy (non-hydrogen) atoms. The van der Waals surface area contributed by atoms with E-state index in [9.17, 15) is 18.0 Å². The Bertz CT molecular complexity index is 402. The van der Waals surface area contributed by atoms with E-state index in [1.165, 1.54) is 0 Å². The number of alkyl halides is 4. The van der Waals surface area contributed by atoms with Gasteiger partial charge in [0, 0.05) is 17.3 Å². The molecule has 1 rings (SSSR count). The highest BCUT2D eigenvalue weighted by atomic mass is 79.9. The van der Waals surface area contributed by atoms with Crippen LogP contribution in [0.5, 0.6) is 5.75 Å². The normalized spacial score (nSPS) is 11.5. The monoisotopic (exact) mass is 296 g/mol. The molecule has 0 aliphatic heterocycles. The van der Waals surface area contributed by atoms with Crippen molar-refractivity contribution in [2.24, 2.45) is 0 Å². The van der Waals surface area contributed by atoms with Crippen LogP contribution in [-0.4, -0.2) is 16.2 Å². The van der Waals surface area contributed by atoms with Crippen molar-refractivity contribution < 1.29 is 23.1 Å². The van der Waals surface area contributed by atoms with Gasteiger partial charge in [-0.15, -0.1) is 0 Å². The molecule has 0 heterocycles. The number of Topliss-reactive ketones (excluding diaryl/α,β-unsaturated/α-hetero) is 1. The summed E-state index contributed by atoms with van der Waals surface area (Å²) in [5, 5.41) is 9.47. The van der Waals surface area contributed by atoms with E-state index in [4.69, 9.17) is 5.11 Å². The van der Waals surface area contributed by atoms with E-state index in [1.807, 2.05) is 0 Å². The molecule has 0 aliphatic rings. The molecule has 0 unspecified atom stereocenters. The van der Waals surface area contributed by atoms with Gasteiger partial charge in [-0.05, 0) is 18.2 Å². The molecule has 2 nitrogen and oxygen atoms in total. The first-order chi connectivity index (χ1) is 7.34. The number of aromatic hydroxyl groups is 1. The zero-order valence-corrected chi connectivity index (χ0v) is 9.60. The number of ketones is 1. The third kappa shape index (κ3) is 3.23. The largest absolute Gasteiger partial charge is 0.508 e. The molecule has 1 N–H and O–H groups in total. The lowest BCUT2D eigenvalue weighted by atomic mass is 10.0. The minimum atomic E-state index is -4.57. The van der Waals surface area contributed by atoms with E-state index >= 15 is 0 Å². The van der Waals surface area contributed by atoms with Crippen molar-refractivity contribution in [2.75, 3.05) is 5.33 Å². The first kappa shape index (κ1) is 13.0. The molecule has 0 saturated carbocycles. The maximum absolute atomic E-state index is 12.4. The molecule has 0 amide bonds. The van der Waals surface area contributed by atoms with Gasteiger partial charge in [0.25, 0.3) is 0 Å². The summed E-state index contributed by atoms with van der Waals surface area (Å²) in [4.78, 5) is 11.4. The van der Waals surface area contributed by atoms with Gasteiger partial charge < -0.3 is 5.11 Å². The van der Waals surface area contributed by atoms with Gasteiger partial charge >= 0.3 is 6.18 Å². The molecule has 0 aromatic heterocycles. The lowest BCUT2D eigenvalue weighted by molar-refractivity contribution is -0.137. The Morgan fingerprint density at radius 3 is 2.44 bits per heavy atom. The zero-order valence-electron chi connectivity index (χ0n) is 8.01.